The number of hydrogen-bond donors (Lipinski definition) is 3. The molecule has 7 nitrogen and oxygen atoms in total. The number of rotatable bonds is 5. The van der Waals surface area contributed by atoms with Crippen molar-refractivity contribution in [2.24, 2.45) is 22.7 Å². The highest BCUT2D eigenvalue weighted by Gasteiger charge is 2.80. The lowest BCUT2D eigenvalue weighted by molar-refractivity contribution is -0.235. The first-order chi connectivity index (χ1) is 20.9. The highest BCUT2D eigenvalue weighted by Crippen LogP contribution is 2.72. The molecule has 1 saturated heterocycles. The van der Waals surface area contributed by atoms with Crippen LogP contribution in [-0.4, -0.2) is 58.0 Å². The van der Waals surface area contributed by atoms with Crippen LogP contribution in [0, 0.1) is 22.7 Å². The quantitative estimate of drug-likeness (QED) is 0.430. The van der Waals surface area contributed by atoms with Crippen LogP contribution in [0.15, 0.2) is 72.3 Å². The van der Waals surface area contributed by atoms with Crippen molar-refractivity contribution in [2.45, 2.75) is 75.5 Å². The average molecular weight is 606 g/mol. The number of ketones is 2. The zero-order valence-corrected chi connectivity index (χ0v) is 24.7. The van der Waals surface area contributed by atoms with Gasteiger partial charge in [0, 0.05) is 28.0 Å². The Morgan fingerprint density at radius 1 is 1.09 bits per heavy atom. The number of aliphatic hydroxyl groups excluding tert-OH is 2. The number of halogens is 2. The van der Waals surface area contributed by atoms with Gasteiger partial charge in [0.05, 0.1) is 12.2 Å². The van der Waals surface area contributed by atoms with Crippen LogP contribution in [0.5, 0.6) is 0 Å². The molecule has 2 aromatic carbocycles. The number of allylic oxidation sites excluding steroid dienone is 4. The van der Waals surface area contributed by atoms with E-state index in [0.29, 0.717) is 17.7 Å². The van der Waals surface area contributed by atoms with E-state index < -0.39 is 76.8 Å². The number of anilines is 1. The van der Waals surface area contributed by atoms with E-state index in [9.17, 15) is 19.8 Å². The molecule has 10 atom stereocenters. The van der Waals surface area contributed by atoms with Gasteiger partial charge in [-0.2, -0.15) is 0 Å². The topological polar surface area (TPSA) is 119 Å². The Bertz CT molecular complexity index is 1590. The van der Waals surface area contributed by atoms with Gasteiger partial charge in [0.1, 0.15) is 12.8 Å². The Morgan fingerprint density at radius 3 is 2.55 bits per heavy atom. The predicted molar refractivity (Wildman–Crippen MR) is 158 cm³/mol. The molecule has 1 heterocycles. The number of hydrogen-bond acceptors (Lipinski definition) is 7. The van der Waals surface area contributed by atoms with Crippen molar-refractivity contribution < 1.29 is 38.1 Å². The van der Waals surface area contributed by atoms with Crippen molar-refractivity contribution in [3.05, 3.63) is 89.0 Å². The number of aliphatic hydroxyl groups is 2. The van der Waals surface area contributed by atoms with Crippen LogP contribution < -0.4 is 5.73 Å². The van der Waals surface area contributed by atoms with Crippen LogP contribution in [0.1, 0.15) is 56.1 Å². The number of Topliss-reactive ketones (excluding diaryl/α,β-unsaturated/α-hetero) is 1. The minimum Gasteiger partial charge on any atom is -0.399 e. The van der Waals surface area contributed by atoms with Crippen molar-refractivity contribution in [3.8, 4) is 0 Å². The van der Waals surface area contributed by atoms with Crippen molar-refractivity contribution in [1.82, 2.24) is 0 Å². The Hall–Kier alpha value is -3.24. The van der Waals surface area contributed by atoms with Gasteiger partial charge in [0.2, 0.25) is 0 Å². The van der Waals surface area contributed by atoms with Gasteiger partial charge in [0.25, 0.3) is 0 Å². The summed E-state index contributed by atoms with van der Waals surface area (Å²) in [5, 5.41) is 21.8. The Labute approximate surface area is 254 Å². The summed E-state index contributed by atoms with van der Waals surface area (Å²) >= 11 is 0. The number of benzene rings is 2. The summed E-state index contributed by atoms with van der Waals surface area (Å²) < 4.78 is 46.3. The van der Waals surface area contributed by atoms with E-state index in [-0.39, 0.29) is 24.8 Å². The maximum absolute atomic E-state index is 17.5. The summed E-state index contributed by atoms with van der Waals surface area (Å²) in [7, 11) is 0. The smallest absolute Gasteiger partial charge is 0.193 e. The van der Waals surface area contributed by atoms with Crippen LogP contribution in [-0.2, 0) is 25.5 Å². The van der Waals surface area contributed by atoms with Gasteiger partial charge in [-0.3, -0.25) is 9.59 Å². The zero-order valence-electron chi connectivity index (χ0n) is 24.7. The number of carbonyl (C=O) groups excluding carboxylic acids is 2. The standard InChI is InChI=1S/C35H37F2NO6/c1-32-11-10-23(40)14-26(32)27(36)15-25-24-16-30-35(29(42)18-39,33(24,2)17-28(41)34(25,32)37)44-31(43-30)21-8-6-19(7-9-21)12-20-4-3-5-22(38)13-20/h3-11,13-14,24-25,27-28,30-31,39,41H,12,15-18,38H2,1-2H3/t24-,25-,27-,28-,30-,31?,32-,33-,34-,35+/m0/s1. The highest BCUT2D eigenvalue weighted by atomic mass is 19.1. The predicted octanol–water partition coefficient (Wildman–Crippen LogP) is 4.50. The molecular formula is C35H37F2NO6. The Kier molecular flexibility index (Phi) is 6.62. The van der Waals surface area contributed by atoms with E-state index in [0.717, 1.165) is 17.2 Å². The van der Waals surface area contributed by atoms with E-state index in [4.69, 9.17) is 15.2 Å². The summed E-state index contributed by atoms with van der Waals surface area (Å²) in [5.74, 6) is -2.60. The third-order valence-corrected chi connectivity index (χ3v) is 11.5. The maximum Gasteiger partial charge on any atom is 0.193 e. The molecular weight excluding hydrogens is 568 g/mol. The van der Waals surface area contributed by atoms with Crippen molar-refractivity contribution in [2.75, 3.05) is 12.3 Å². The third kappa shape index (κ3) is 3.79. The monoisotopic (exact) mass is 605 g/mol. The van der Waals surface area contributed by atoms with Gasteiger partial charge in [-0.05, 0) is 79.5 Å². The number of carbonyl (C=O) groups is 2. The minimum atomic E-state index is -2.29. The Morgan fingerprint density at radius 2 is 1.84 bits per heavy atom. The second-order valence-corrected chi connectivity index (χ2v) is 13.6. The summed E-state index contributed by atoms with van der Waals surface area (Å²) in [6.45, 7) is 2.49. The molecule has 1 unspecified atom stereocenters. The molecule has 5 aliphatic rings. The number of nitrogen functional groups attached to an aromatic ring is 1. The van der Waals surface area contributed by atoms with Crippen LogP contribution in [0.25, 0.3) is 0 Å². The largest absolute Gasteiger partial charge is 0.399 e. The fraction of sp³-hybridized carbons (Fsp3) is 0.486. The van der Waals surface area contributed by atoms with Crippen LogP contribution in [0.3, 0.4) is 0 Å². The molecule has 232 valence electrons. The molecule has 1 aliphatic heterocycles. The summed E-state index contributed by atoms with van der Waals surface area (Å²) in [4.78, 5) is 25.8. The molecule has 0 radical (unpaired) electrons. The summed E-state index contributed by atoms with van der Waals surface area (Å²) in [6, 6.07) is 15.3. The van der Waals surface area contributed by atoms with Crippen LogP contribution in [0.4, 0.5) is 14.5 Å². The molecule has 0 bridgehead atoms. The van der Waals surface area contributed by atoms with E-state index >= 15 is 8.78 Å². The number of alkyl halides is 2. The summed E-state index contributed by atoms with van der Waals surface area (Å²) in [5.41, 5.74) is 2.78. The second-order valence-electron chi connectivity index (χ2n) is 13.6. The normalized spacial score (nSPS) is 42.2. The van der Waals surface area contributed by atoms with Gasteiger partial charge in [0.15, 0.2) is 29.1 Å². The van der Waals surface area contributed by atoms with E-state index in [1.807, 2.05) is 48.5 Å². The molecule has 4 aliphatic carbocycles. The molecule has 44 heavy (non-hydrogen) atoms. The van der Waals surface area contributed by atoms with E-state index in [2.05, 4.69) is 0 Å². The van der Waals surface area contributed by atoms with Crippen molar-refractivity contribution >= 4 is 17.3 Å². The number of nitrogens with two attached hydrogens (primary N) is 1. The van der Waals surface area contributed by atoms with Gasteiger partial charge in [-0.1, -0.05) is 49.4 Å². The number of fused-ring (bicyclic) bond motifs is 7. The highest BCUT2D eigenvalue weighted by molar-refractivity contribution is 6.01. The van der Waals surface area contributed by atoms with E-state index in [1.54, 1.807) is 6.92 Å². The van der Waals surface area contributed by atoms with Crippen molar-refractivity contribution in [1.29, 1.82) is 0 Å². The first-order valence-electron chi connectivity index (χ1n) is 15.2. The van der Waals surface area contributed by atoms with Gasteiger partial charge in [-0.15, -0.1) is 0 Å². The second kappa shape index (κ2) is 9.88. The first kappa shape index (κ1) is 29.5. The third-order valence-electron chi connectivity index (χ3n) is 11.5. The number of ether oxygens (including phenoxy) is 2. The molecule has 7 rings (SSSR count). The Balaban J connectivity index is 1.21. The minimum absolute atomic E-state index is 0.0393. The molecule has 4 N–H and O–H groups in total. The van der Waals surface area contributed by atoms with Gasteiger partial charge >= 0.3 is 0 Å². The maximum atomic E-state index is 17.5. The molecule has 2 aromatic rings. The van der Waals surface area contributed by atoms with Crippen LogP contribution >= 0.6 is 0 Å². The molecule has 0 amide bonds. The van der Waals surface area contributed by atoms with Crippen LogP contribution in [0.2, 0.25) is 0 Å². The fourth-order valence-corrected chi connectivity index (χ4v) is 9.45. The van der Waals surface area contributed by atoms with Gasteiger partial charge < -0.3 is 25.4 Å². The van der Waals surface area contributed by atoms with Crippen molar-refractivity contribution in [3.63, 3.8) is 0 Å². The molecule has 0 spiro atoms. The van der Waals surface area contributed by atoms with E-state index in [1.165, 1.54) is 19.1 Å². The summed E-state index contributed by atoms with van der Waals surface area (Å²) in [6.07, 6.45) is -0.720. The average Bonchev–Trinajstić information content (AvgIpc) is 3.49. The lowest BCUT2D eigenvalue weighted by Crippen LogP contribution is -2.70. The molecule has 3 saturated carbocycles. The lowest BCUT2D eigenvalue weighted by Gasteiger charge is -2.63. The molecule has 4 fully saturated rings. The lowest BCUT2D eigenvalue weighted by atomic mass is 9.44. The molecule has 0 aromatic heterocycles. The first-order valence-corrected chi connectivity index (χ1v) is 15.2. The fourth-order valence-electron chi connectivity index (χ4n) is 9.45. The van der Waals surface area contributed by atoms with Gasteiger partial charge in [-0.25, -0.2) is 8.78 Å². The molecule has 9 heteroatoms. The zero-order chi connectivity index (χ0) is 31.2. The SMILES string of the molecule is C[C@]12C=CC(=O)C=C1[C@@H](F)C[C@H]1[C@@H]3C[C@@H]4OC(c5ccc(Cc6cccc(N)c6)cc5)O[C@@]4(C(=O)CO)[C@@]3(C)C[C@H](O)[C@@]12F.